The molecule has 0 fully saturated rings. The van der Waals surface area contributed by atoms with Crippen LogP contribution in [0.15, 0.2) is 12.1 Å². The van der Waals surface area contributed by atoms with Gasteiger partial charge in [0.1, 0.15) is 5.75 Å². The summed E-state index contributed by atoms with van der Waals surface area (Å²) in [6, 6.07) is 3.96. The highest BCUT2D eigenvalue weighted by molar-refractivity contribution is 7.54. The quantitative estimate of drug-likeness (QED) is 0.702. The van der Waals surface area contributed by atoms with Gasteiger partial charge in [0.05, 0.1) is 0 Å². The molecule has 1 unspecified atom stereocenters. The van der Waals surface area contributed by atoms with Gasteiger partial charge < -0.3 is 19.2 Å². The lowest BCUT2D eigenvalue weighted by atomic mass is 9.78. The first-order valence-electron chi connectivity index (χ1n) is 7.01. The number of benzene rings is 1. The summed E-state index contributed by atoms with van der Waals surface area (Å²) >= 11 is 0. The van der Waals surface area contributed by atoms with Crippen molar-refractivity contribution in [2.75, 3.05) is 0 Å². The van der Waals surface area contributed by atoms with Crippen LogP contribution in [0, 0.1) is 6.92 Å². The second kappa shape index (κ2) is 7.09. The molecule has 0 heterocycles. The third kappa shape index (κ3) is 5.42. The summed E-state index contributed by atoms with van der Waals surface area (Å²) in [6.45, 7) is 14.6. The molecule has 0 aliphatic rings. The van der Waals surface area contributed by atoms with Crippen LogP contribution in [0.25, 0.3) is 0 Å². The van der Waals surface area contributed by atoms with E-state index < -0.39 is 17.2 Å². The van der Waals surface area contributed by atoms with E-state index in [0.29, 0.717) is 5.75 Å². The molecule has 1 aromatic rings. The van der Waals surface area contributed by atoms with E-state index in [2.05, 4.69) is 51.9 Å². The van der Waals surface area contributed by atoms with Crippen molar-refractivity contribution in [3.8, 4) is 5.75 Å². The molecule has 0 aromatic heterocycles. The van der Waals surface area contributed by atoms with Crippen LogP contribution in [0.4, 0.5) is 0 Å². The Bertz CT molecular complexity index is 518. The van der Waals surface area contributed by atoms with Crippen LogP contribution in [0.3, 0.4) is 0 Å². The average Bonchev–Trinajstić information content (AvgIpc) is 2.23. The highest BCUT2D eigenvalue weighted by Gasteiger charge is 2.27. The van der Waals surface area contributed by atoms with E-state index in [1.165, 1.54) is 5.56 Å². The van der Waals surface area contributed by atoms with Gasteiger partial charge in [0.25, 0.3) is 0 Å². The van der Waals surface area contributed by atoms with E-state index >= 15 is 0 Å². The molecule has 0 saturated heterocycles. The minimum absolute atomic E-state index is 0.00637. The molecule has 3 N–H and O–H groups in total. The van der Waals surface area contributed by atoms with Gasteiger partial charge in [-0.05, 0) is 34.9 Å². The zero-order chi connectivity index (χ0) is 17.3. The Morgan fingerprint density at radius 3 is 1.77 bits per heavy atom. The van der Waals surface area contributed by atoms with E-state index in [1.807, 2.05) is 13.0 Å². The smallest absolute Gasteiger partial charge is 0.401 e. The number of rotatable bonds is 4. The highest BCUT2D eigenvalue weighted by atomic mass is 31.2. The SMILES string of the molecule is Cc1cc(OP(O)OP(O)O)c(C(C)(C)C)cc1C(C)(C)C. The van der Waals surface area contributed by atoms with Crippen LogP contribution < -0.4 is 4.52 Å². The molecule has 0 aliphatic carbocycles. The molecule has 126 valence electrons. The Hall–Kier alpha value is -0.280. The monoisotopic (exact) mass is 348 g/mol. The molecule has 0 radical (unpaired) electrons. The summed E-state index contributed by atoms with van der Waals surface area (Å²) in [5, 5.41) is 0. The van der Waals surface area contributed by atoms with Gasteiger partial charge in [-0.15, -0.1) is 0 Å². The van der Waals surface area contributed by atoms with Gasteiger partial charge >= 0.3 is 17.2 Å². The van der Waals surface area contributed by atoms with Crippen molar-refractivity contribution >= 4 is 17.2 Å². The molecule has 1 atom stereocenters. The summed E-state index contributed by atoms with van der Waals surface area (Å²) in [7, 11) is -5.03. The Morgan fingerprint density at radius 1 is 0.864 bits per heavy atom. The number of hydrogen-bond acceptors (Lipinski definition) is 5. The molecule has 1 rings (SSSR count). The zero-order valence-corrected chi connectivity index (χ0v) is 16.0. The number of hydrogen-bond donors (Lipinski definition) is 3. The minimum Gasteiger partial charge on any atom is -0.426 e. The van der Waals surface area contributed by atoms with Crippen molar-refractivity contribution in [2.45, 2.75) is 59.3 Å². The number of aryl methyl sites for hydroxylation is 1. The van der Waals surface area contributed by atoms with Crippen LogP contribution in [-0.4, -0.2) is 14.7 Å². The van der Waals surface area contributed by atoms with Crippen LogP contribution in [0.2, 0.25) is 0 Å². The van der Waals surface area contributed by atoms with Crippen LogP contribution in [0.1, 0.15) is 58.2 Å². The van der Waals surface area contributed by atoms with E-state index in [1.54, 1.807) is 0 Å². The van der Waals surface area contributed by atoms with Crippen molar-refractivity contribution in [2.24, 2.45) is 0 Å². The highest BCUT2D eigenvalue weighted by Crippen LogP contribution is 2.49. The van der Waals surface area contributed by atoms with E-state index in [9.17, 15) is 4.89 Å². The maximum atomic E-state index is 9.70. The Labute approximate surface area is 135 Å². The zero-order valence-electron chi connectivity index (χ0n) is 14.2. The second-order valence-electron chi connectivity index (χ2n) is 7.33. The Kier molecular flexibility index (Phi) is 6.37. The van der Waals surface area contributed by atoms with Gasteiger partial charge in [-0.1, -0.05) is 47.6 Å². The summed E-state index contributed by atoms with van der Waals surface area (Å²) in [5.41, 5.74) is 3.00. The van der Waals surface area contributed by atoms with E-state index in [-0.39, 0.29) is 10.8 Å². The molecule has 0 spiro atoms. The van der Waals surface area contributed by atoms with Gasteiger partial charge in [-0.3, -0.25) is 0 Å². The topological polar surface area (TPSA) is 79.2 Å². The minimum atomic E-state index is -2.65. The molecule has 1 aromatic carbocycles. The average molecular weight is 348 g/mol. The third-order valence-corrected chi connectivity index (χ3v) is 4.76. The van der Waals surface area contributed by atoms with Crippen molar-refractivity contribution in [3.05, 3.63) is 28.8 Å². The van der Waals surface area contributed by atoms with Crippen molar-refractivity contribution in [1.82, 2.24) is 0 Å². The molecule has 7 heteroatoms. The van der Waals surface area contributed by atoms with E-state index in [4.69, 9.17) is 14.3 Å². The van der Waals surface area contributed by atoms with Crippen LogP contribution in [-0.2, 0) is 15.1 Å². The van der Waals surface area contributed by atoms with Crippen molar-refractivity contribution in [3.63, 3.8) is 0 Å². The molecule has 0 amide bonds. The first-order valence-corrected chi connectivity index (χ1v) is 9.30. The molecule has 5 nitrogen and oxygen atoms in total. The molecule has 0 saturated carbocycles. The largest absolute Gasteiger partial charge is 0.426 e. The molecule has 0 bridgehead atoms. The fourth-order valence-corrected chi connectivity index (χ4v) is 3.27. The maximum Gasteiger partial charge on any atom is 0.401 e. The van der Waals surface area contributed by atoms with Crippen molar-refractivity contribution < 1.29 is 23.5 Å². The molecule has 22 heavy (non-hydrogen) atoms. The van der Waals surface area contributed by atoms with Gasteiger partial charge in [0.15, 0.2) is 0 Å². The third-order valence-electron chi connectivity index (χ3n) is 3.26. The van der Waals surface area contributed by atoms with Gasteiger partial charge in [0.2, 0.25) is 0 Å². The van der Waals surface area contributed by atoms with Gasteiger partial charge in [0, 0.05) is 5.56 Å². The lowest BCUT2D eigenvalue weighted by molar-refractivity contribution is 0.326. The van der Waals surface area contributed by atoms with Crippen LogP contribution in [0.5, 0.6) is 5.75 Å². The lowest BCUT2D eigenvalue weighted by Gasteiger charge is -2.29. The predicted molar refractivity (Wildman–Crippen MR) is 90.8 cm³/mol. The first kappa shape index (κ1) is 19.8. The normalized spacial score (nSPS) is 14.3. The summed E-state index contributed by atoms with van der Waals surface area (Å²) < 4.78 is 9.96. The fraction of sp³-hybridized carbons (Fsp3) is 0.600. The molecule has 0 aliphatic heterocycles. The molecular weight excluding hydrogens is 322 g/mol. The van der Waals surface area contributed by atoms with Gasteiger partial charge in [-0.2, -0.15) is 0 Å². The van der Waals surface area contributed by atoms with E-state index in [0.717, 1.165) is 11.1 Å². The predicted octanol–water partition coefficient (Wildman–Crippen LogP) is 4.42. The summed E-state index contributed by atoms with van der Waals surface area (Å²) in [5.74, 6) is 0.503. The van der Waals surface area contributed by atoms with Gasteiger partial charge in [-0.25, -0.2) is 4.31 Å². The molecular formula is C15H26O5P2. The standard InChI is InChI=1S/C15H26O5P2/c1-10-8-13(19-22(18)20-21(16)17)12(15(5,6)7)9-11(10)14(2,3)4/h8-9,16-18H,1-7H3. The summed E-state index contributed by atoms with van der Waals surface area (Å²) in [4.78, 5) is 27.3. The second-order valence-corrected chi connectivity index (χ2v) is 9.14. The first-order chi connectivity index (χ1) is 9.82. The lowest BCUT2D eigenvalue weighted by Crippen LogP contribution is -2.18. The maximum absolute atomic E-state index is 9.70. The Balaban J connectivity index is 3.30. The fourth-order valence-electron chi connectivity index (χ4n) is 2.31. The van der Waals surface area contributed by atoms with Crippen LogP contribution >= 0.6 is 17.2 Å². The van der Waals surface area contributed by atoms with Crippen molar-refractivity contribution in [1.29, 1.82) is 0 Å². The summed E-state index contributed by atoms with van der Waals surface area (Å²) in [6.07, 6.45) is 0. The Morgan fingerprint density at radius 2 is 1.36 bits per heavy atom.